The van der Waals surface area contributed by atoms with E-state index in [1.807, 2.05) is 35.2 Å². The van der Waals surface area contributed by atoms with Crippen molar-refractivity contribution >= 4 is 17.8 Å². The molecule has 0 spiro atoms. The van der Waals surface area contributed by atoms with Gasteiger partial charge in [-0.15, -0.1) is 0 Å². The van der Waals surface area contributed by atoms with Crippen LogP contribution < -0.4 is 5.32 Å². The lowest BCUT2D eigenvalue weighted by molar-refractivity contribution is 0.191. The Balaban J connectivity index is 1.65. The molecule has 6 nitrogen and oxygen atoms in total. The minimum Gasteiger partial charge on any atom is -0.338 e. The van der Waals surface area contributed by atoms with E-state index in [1.54, 1.807) is 11.8 Å². The van der Waals surface area contributed by atoms with Crippen molar-refractivity contribution in [2.24, 2.45) is 0 Å². The van der Waals surface area contributed by atoms with Crippen molar-refractivity contribution in [3.8, 4) is 11.4 Å². The number of rotatable bonds is 6. The molecule has 3 rings (SSSR count). The van der Waals surface area contributed by atoms with Gasteiger partial charge in [0.1, 0.15) is 5.82 Å². The molecule has 2 heterocycles. The fourth-order valence-corrected chi connectivity index (χ4v) is 3.38. The zero-order valence-corrected chi connectivity index (χ0v) is 14.7. The summed E-state index contributed by atoms with van der Waals surface area (Å²) in [5.74, 6) is 2.51. The lowest BCUT2D eigenvalue weighted by Gasteiger charge is -2.23. The minimum atomic E-state index is -0.0180. The van der Waals surface area contributed by atoms with Crippen LogP contribution >= 0.6 is 11.8 Å². The summed E-state index contributed by atoms with van der Waals surface area (Å²) in [5, 5.41) is 10.3. The Kier molecular flexibility index (Phi) is 5.74. The van der Waals surface area contributed by atoms with E-state index in [2.05, 4.69) is 26.8 Å². The first-order chi connectivity index (χ1) is 11.8. The number of nitrogens with one attached hydrogen (secondary N) is 2. The SMILES string of the molecule is CSCCCNC(=O)N1CCCC1c1nc(-c2ccccc2)n[nH]1. The number of urea groups is 1. The lowest BCUT2D eigenvalue weighted by atomic mass is 10.2. The molecule has 1 aliphatic heterocycles. The van der Waals surface area contributed by atoms with E-state index in [0.29, 0.717) is 12.4 Å². The summed E-state index contributed by atoms with van der Waals surface area (Å²) in [6, 6.07) is 9.85. The summed E-state index contributed by atoms with van der Waals surface area (Å²) >= 11 is 1.80. The molecule has 24 heavy (non-hydrogen) atoms. The maximum atomic E-state index is 12.4. The normalized spacial score (nSPS) is 17.2. The van der Waals surface area contributed by atoms with E-state index in [-0.39, 0.29) is 12.1 Å². The number of aromatic nitrogens is 3. The second-order valence-electron chi connectivity index (χ2n) is 5.84. The smallest absolute Gasteiger partial charge is 0.318 e. The molecule has 2 N–H and O–H groups in total. The van der Waals surface area contributed by atoms with Gasteiger partial charge in [-0.05, 0) is 31.3 Å². The van der Waals surface area contributed by atoms with Crippen molar-refractivity contribution in [1.82, 2.24) is 25.4 Å². The predicted molar refractivity (Wildman–Crippen MR) is 96.9 cm³/mol. The third-order valence-electron chi connectivity index (χ3n) is 4.17. The molecule has 2 aromatic rings. The number of H-pyrrole nitrogens is 1. The lowest BCUT2D eigenvalue weighted by Crippen LogP contribution is -2.40. The van der Waals surface area contributed by atoms with Crippen molar-refractivity contribution in [2.75, 3.05) is 25.1 Å². The molecule has 128 valence electrons. The first-order valence-electron chi connectivity index (χ1n) is 8.30. The fraction of sp³-hybridized carbons (Fsp3) is 0.471. The third-order valence-corrected chi connectivity index (χ3v) is 4.86. The number of carbonyl (C=O) groups excluding carboxylic acids is 1. The Morgan fingerprint density at radius 2 is 2.25 bits per heavy atom. The van der Waals surface area contributed by atoms with Crippen molar-refractivity contribution in [1.29, 1.82) is 0 Å². The Morgan fingerprint density at radius 3 is 3.04 bits per heavy atom. The Hall–Kier alpha value is -2.02. The van der Waals surface area contributed by atoms with Gasteiger partial charge in [0.15, 0.2) is 5.82 Å². The monoisotopic (exact) mass is 345 g/mol. The van der Waals surface area contributed by atoms with E-state index in [0.717, 1.165) is 42.9 Å². The molecule has 0 aliphatic carbocycles. The average Bonchev–Trinajstić information content (AvgIpc) is 3.28. The van der Waals surface area contributed by atoms with Crippen molar-refractivity contribution in [2.45, 2.75) is 25.3 Å². The van der Waals surface area contributed by atoms with Crippen LogP contribution in [0.15, 0.2) is 30.3 Å². The number of carbonyl (C=O) groups is 1. The molecule has 1 atom stereocenters. The number of benzene rings is 1. The second-order valence-corrected chi connectivity index (χ2v) is 6.83. The van der Waals surface area contributed by atoms with E-state index in [1.165, 1.54) is 0 Å². The molecular weight excluding hydrogens is 322 g/mol. The van der Waals surface area contributed by atoms with Gasteiger partial charge in [-0.25, -0.2) is 9.78 Å². The van der Waals surface area contributed by atoms with Crippen LogP contribution in [0.3, 0.4) is 0 Å². The Bertz CT molecular complexity index is 660. The van der Waals surface area contributed by atoms with Gasteiger partial charge in [0.25, 0.3) is 0 Å². The molecular formula is C17H23N5OS. The van der Waals surface area contributed by atoms with Crippen LogP contribution in [-0.2, 0) is 0 Å². The van der Waals surface area contributed by atoms with E-state index in [9.17, 15) is 4.79 Å². The van der Waals surface area contributed by atoms with Crippen LogP contribution in [0.25, 0.3) is 11.4 Å². The van der Waals surface area contributed by atoms with Gasteiger partial charge in [-0.2, -0.15) is 16.9 Å². The maximum Gasteiger partial charge on any atom is 0.318 e. The van der Waals surface area contributed by atoms with Crippen LogP contribution in [0.2, 0.25) is 0 Å². The van der Waals surface area contributed by atoms with Gasteiger partial charge in [-0.1, -0.05) is 30.3 Å². The van der Waals surface area contributed by atoms with E-state index in [4.69, 9.17) is 0 Å². The molecule has 0 bridgehead atoms. The summed E-state index contributed by atoms with van der Waals surface area (Å²) in [5.41, 5.74) is 0.978. The number of likely N-dealkylation sites (tertiary alicyclic amines) is 1. The summed E-state index contributed by atoms with van der Waals surface area (Å²) in [6.07, 6.45) is 4.98. The van der Waals surface area contributed by atoms with Gasteiger partial charge < -0.3 is 10.2 Å². The van der Waals surface area contributed by atoms with Crippen LogP contribution in [-0.4, -0.2) is 51.2 Å². The van der Waals surface area contributed by atoms with Crippen LogP contribution in [0.4, 0.5) is 4.79 Å². The van der Waals surface area contributed by atoms with Crippen molar-refractivity contribution in [3.63, 3.8) is 0 Å². The molecule has 1 aromatic heterocycles. The van der Waals surface area contributed by atoms with Gasteiger partial charge in [0, 0.05) is 18.7 Å². The highest BCUT2D eigenvalue weighted by Gasteiger charge is 2.32. The topological polar surface area (TPSA) is 73.9 Å². The third kappa shape index (κ3) is 3.90. The summed E-state index contributed by atoms with van der Waals surface area (Å²) in [4.78, 5) is 18.9. The number of aromatic amines is 1. The quantitative estimate of drug-likeness (QED) is 0.789. The number of nitrogens with zero attached hydrogens (tertiary/aromatic N) is 3. The summed E-state index contributed by atoms with van der Waals surface area (Å²) in [7, 11) is 0. The Morgan fingerprint density at radius 1 is 1.42 bits per heavy atom. The first kappa shape index (κ1) is 16.8. The van der Waals surface area contributed by atoms with Crippen LogP contribution in [0, 0.1) is 0 Å². The summed E-state index contributed by atoms with van der Waals surface area (Å²) < 4.78 is 0. The largest absolute Gasteiger partial charge is 0.338 e. The highest BCUT2D eigenvalue weighted by Crippen LogP contribution is 2.30. The van der Waals surface area contributed by atoms with Crippen LogP contribution in [0.5, 0.6) is 0 Å². The molecule has 1 aromatic carbocycles. The predicted octanol–water partition coefficient (Wildman–Crippen LogP) is 3.07. The molecule has 1 saturated heterocycles. The number of amides is 2. The molecule has 1 unspecified atom stereocenters. The van der Waals surface area contributed by atoms with Crippen molar-refractivity contribution < 1.29 is 4.79 Å². The van der Waals surface area contributed by atoms with Gasteiger partial charge in [0.05, 0.1) is 6.04 Å². The van der Waals surface area contributed by atoms with Crippen LogP contribution in [0.1, 0.15) is 31.1 Å². The molecule has 0 radical (unpaired) electrons. The molecule has 0 saturated carbocycles. The average molecular weight is 345 g/mol. The number of hydrogen-bond acceptors (Lipinski definition) is 4. The highest BCUT2D eigenvalue weighted by molar-refractivity contribution is 7.98. The standard InChI is InChI=1S/C17H23N5OS/c1-24-12-6-10-18-17(23)22-11-5-9-14(22)16-19-15(20-21-16)13-7-3-2-4-8-13/h2-4,7-8,14H,5-6,9-12H2,1H3,(H,18,23)(H,19,20,21). The zero-order chi connectivity index (χ0) is 16.8. The number of hydrogen-bond donors (Lipinski definition) is 2. The first-order valence-corrected chi connectivity index (χ1v) is 9.70. The second kappa shape index (κ2) is 8.19. The minimum absolute atomic E-state index is 0.00346. The van der Waals surface area contributed by atoms with E-state index >= 15 is 0 Å². The molecule has 7 heteroatoms. The molecule has 1 aliphatic rings. The fourth-order valence-electron chi connectivity index (χ4n) is 2.95. The van der Waals surface area contributed by atoms with Crippen molar-refractivity contribution in [3.05, 3.63) is 36.2 Å². The maximum absolute atomic E-state index is 12.4. The molecule has 2 amide bonds. The number of thioether (sulfide) groups is 1. The van der Waals surface area contributed by atoms with Gasteiger partial charge >= 0.3 is 6.03 Å². The van der Waals surface area contributed by atoms with Gasteiger partial charge in [-0.3, -0.25) is 5.10 Å². The highest BCUT2D eigenvalue weighted by atomic mass is 32.2. The van der Waals surface area contributed by atoms with E-state index < -0.39 is 0 Å². The molecule has 1 fully saturated rings. The van der Waals surface area contributed by atoms with Gasteiger partial charge in [0.2, 0.25) is 0 Å². The zero-order valence-electron chi connectivity index (χ0n) is 13.9. The summed E-state index contributed by atoms with van der Waals surface area (Å²) in [6.45, 7) is 1.48. The Labute approximate surface area is 146 Å².